The summed E-state index contributed by atoms with van der Waals surface area (Å²) in [6.45, 7) is 5.08. The monoisotopic (exact) mass is 239 g/mol. The Kier molecular flexibility index (Phi) is 8.28. The minimum absolute atomic E-state index is 0. The van der Waals surface area contributed by atoms with E-state index in [1.54, 1.807) is 6.92 Å². The highest BCUT2D eigenvalue weighted by Crippen LogP contribution is 2.08. The Balaban J connectivity index is 0. The minimum Gasteiger partial charge on any atom is -0.480 e. The second-order valence-electron chi connectivity index (χ2n) is 3.43. The average Bonchev–Trinajstić information content (AvgIpc) is 2.11. The molecule has 0 radical (unpaired) electrons. The van der Waals surface area contributed by atoms with Crippen molar-refractivity contribution in [3.8, 4) is 0 Å². The average molecular weight is 240 g/mol. The van der Waals surface area contributed by atoms with E-state index in [0.29, 0.717) is 6.42 Å². The van der Waals surface area contributed by atoms with E-state index in [1.807, 2.05) is 6.92 Å². The predicted molar refractivity (Wildman–Crippen MR) is 58.4 cm³/mol. The van der Waals surface area contributed by atoms with Crippen molar-refractivity contribution in [3.63, 3.8) is 0 Å². The Morgan fingerprint density at radius 2 is 1.67 bits per heavy atom. The first-order valence-electron chi connectivity index (χ1n) is 4.61. The number of carboxylic acid groups (broad SMARTS) is 2. The van der Waals surface area contributed by atoms with E-state index in [0.717, 1.165) is 0 Å². The fourth-order valence-corrected chi connectivity index (χ4v) is 1.06. The van der Waals surface area contributed by atoms with Crippen LogP contribution in [0.15, 0.2) is 0 Å². The van der Waals surface area contributed by atoms with Gasteiger partial charge in [-0.1, -0.05) is 20.3 Å². The molecule has 15 heavy (non-hydrogen) atoms. The largest absolute Gasteiger partial charge is 0.480 e. The van der Waals surface area contributed by atoms with Crippen LogP contribution in [0.1, 0.15) is 27.2 Å². The summed E-state index contributed by atoms with van der Waals surface area (Å²) < 4.78 is 0. The van der Waals surface area contributed by atoms with Crippen LogP contribution in [0.2, 0.25) is 0 Å². The van der Waals surface area contributed by atoms with E-state index >= 15 is 0 Å². The highest BCUT2D eigenvalue weighted by atomic mass is 35.5. The number of hydrogen-bond donors (Lipinski definition) is 3. The normalized spacial score (nSPS) is 15.9. The fourth-order valence-electron chi connectivity index (χ4n) is 1.06. The summed E-state index contributed by atoms with van der Waals surface area (Å²) in [4.78, 5) is 21.3. The first kappa shape index (κ1) is 16.6. The maximum absolute atomic E-state index is 10.8. The van der Waals surface area contributed by atoms with E-state index in [1.165, 1.54) is 6.92 Å². The Morgan fingerprint density at radius 1 is 1.20 bits per heavy atom. The Labute approximate surface area is 95.3 Å². The second-order valence-corrected chi connectivity index (χ2v) is 3.43. The summed E-state index contributed by atoms with van der Waals surface area (Å²) in [7, 11) is 0. The van der Waals surface area contributed by atoms with Crippen LogP contribution in [0, 0.1) is 5.92 Å². The molecule has 0 aromatic carbocycles. The molecule has 3 N–H and O–H groups in total. The van der Waals surface area contributed by atoms with Crippen LogP contribution in [-0.4, -0.2) is 34.2 Å². The summed E-state index contributed by atoms with van der Waals surface area (Å²) in [6.07, 6.45) is 0.691. The maximum Gasteiger partial charge on any atom is 0.320 e. The van der Waals surface area contributed by atoms with Crippen LogP contribution in [0.3, 0.4) is 0 Å². The van der Waals surface area contributed by atoms with Gasteiger partial charge in [0.05, 0.1) is 0 Å². The van der Waals surface area contributed by atoms with Crippen molar-refractivity contribution in [2.45, 2.75) is 39.3 Å². The molecule has 90 valence electrons. The highest BCUT2D eigenvalue weighted by Gasteiger charge is 2.26. The van der Waals surface area contributed by atoms with Crippen LogP contribution in [0.4, 0.5) is 0 Å². The number of nitrogens with one attached hydrogen (secondary N) is 1. The van der Waals surface area contributed by atoms with E-state index in [4.69, 9.17) is 10.2 Å². The zero-order valence-electron chi connectivity index (χ0n) is 9.06. The first-order chi connectivity index (χ1) is 6.40. The number of carboxylic acids is 2. The van der Waals surface area contributed by atoms with Crippen LogP contribution in [0.25, 0.3) is 0 Å². The molecule has 0 bridgehead atoms. The number of rotatable bonds is 6. The maximum atomic E-state index is 10.8. The van der Waals surface area contributed by atoms with Gasteiger partial charge in [0, 0.05) is 0 Å². The smallest absolute Gasteiger partial charge is 0.320 e. The van der Waals surface area contributed by atoms with Crippen molar-refractivity contribution in [2.24, 2.45) is 5.92 Å². The van der Waals surface area contributed by atoms with Crippen molar-refractivity contribution in [1.82, 2.24) is 5.32 Å². The molecule has 0 amide bonds. The number of aliphatic carboxylic acids is 2. The molecular formula is C9H18ClNO4. The van der Waals surface area contributed by atoms with Crippen molar-refractivity contribution in [2.75, 3.05) is 0 Å². The third-order valence-electron chi connectivity index (χ3n) is 2.28. The van der Waals surface area contributed by atoms with E-state index in [9.17, 15) is 9.59 Å². The minimum atomic E-state index is -1.04. The molecule has 0 aromatic rings. The van der Waals surface area contributed by atoms with Gasteiger partial charge in [-0.25, -0.2) is 0 Å². The van der Waals surface area contributed by atoms with Gasteiger partial charge in [-0.15, -0.1) is 12.4 Å². The van der Waals surface area contributed by atoms with Gasteiger partial charge < -0.3 is 10.2 Å². The molecule has 0 aliphatic carbocycles. The lowest BCUT2D eigenvalue weighted by atomic mass is 9.98. The van der Waals surface area contributed by atoms with E-state index in [-0.39, 0.29) is 18.3 Å². The molecule has 0 aliphatic rings. The molecule has 0 rings (SSSR count). The summed E-state index contributed by atoms with van der Waals surface area (Å²) in [5, 5.41) is 20.0. The molecule has 0 saturated carbocycles. The van der Waals surface area contributed by atoms with Gasteiger partial charge in [0.15, 0.2) is 0 Å². The lowest BCUT2D eigenvalue weighted by Gasteiger charge is -2.22. The molecule has 1 unspecified atom stereocenters. The molecule has 0 heterocycles. The highest BCUT2D eigenvalue weighted by molar-refractivity contribution is 5.85. The van der Waals surface area contributed by atoms with Crippen LogP contribution >= 0.6 is 12.4 Å². The van der Waals surface area contributed by atoms with Gasteiger partial charge in [-0.3, -0.25) is 14.9 Å². The number of carbonyl (C=O) groups is 2. The Bertz CT molecular complexity index is 222. The lowest BCUT2D eigenvalue weighted by molar-refractivity contribution is -0.143. The molecule has 3 atom stereocenters. The lowest BCUT2D eigenvalue weighted by Crippen LogP contribution is -2.48. The van der Waals surface area contributed by atoms with Gasteiger partial charge in [0.2, 0.25) is 0 Å². The molecule has 6 heteroatoms. The zero-order chi connectivity index (χ0) is 11.3. The molecule has 0 aromatic heterocycles. The molecular weight excluding hydrogens is 222 g/mol. The third kappa shape index (κ3) is 5.59. The van der Waals surface area contributed by atoms with E-state index < -0.39 is 24.0 Å². The predicted octanol–water partition coefficient (Wildman–Crippen LogP) is 0.970. The van der Waals surface area contributed by atoms with Gasteiger partial charge in [-0.2, -0.15) is 0 Å². The summed E-state index contributed by atoms with van der Waals surface area (Å²) in [5.41, 5.74) is 0. The fraction of sp³-hybridized carbons (Fsp3) is 0.778. The van der Waals surface area contributed by atoms with Gasteiger partial charge in [-0.05, 0) is 12.8 Å². The van der Waals surface area contributed by atoms with Crippen LogP contribution < -0.4 is 5.32 Å². The topological polar surface area (TPSA) is 86.6 Å². The summed E-state index contributed by atoms with van der Waals surface area (Å²) >= 11 is 0. The standard InChI is InChI=1S/C9H17NO4.ClH/c1-4-5(2)7(9(13)14)10-6(3)8(11)12;/h5-7,10H,4H2,1-3H3,(H,11,12)(H,13,14);1H/t5-,6?,7-;/m0./s1. The number of hydrogen-bond acceptors (Lipinski definition) is 3. The number of halogens is 1. The SMILES string of the molecule is CC[C@H](C)[C@H](NC(C)C(=O)O)C(=O)O.Cl. The summed E-state index contributed by atoms with van der Waals surface area (Å²) in [6, 6.07) is -1.64. The Morgan fingerprint density at radius 3 is 1.93 bits per heavy atom. The molecule has 0 aliphatic heterocycles. The zero-order valence-corrected chi connectivity index (χ0v) is 9.87. The molecule has 0 fully saturated rings. The van der Waals surface area contributed by atoms with Crippen molar-refractivity contribution >= 4 is 24.3 Å². The van der Waals surface area contributed by atoms with Crippen molar-refractivity contribution in [3.05, 3.63) is 0 Å². The molecule has 0 saturated heterocycles. The van der Waals surface area contributed by atoms with Crippen molar-refractivity contribution in [1.29, 1.82) is 0 Å². The second kappa shape index (κ2) is 7.48. The van der Waals surface area contributed by atoms with Gasteiger partial charge in [0.25, 0.3) is 0 Å². The first-order valence-corrected chi connectivity index (χ1v) is 4.61. The third-order valence-corrected chi connectivity index (χ3v) is 2.28. The van der Waals surface area contributed by atoms with Crippen LogP contribution in [-0.2, 0) is 9.59 Å². The summed E-state index contributed by atoms with van der Waals surface area (Å²) in [5.74, 6) is -2.14. The molecule has 5 nitrogen and oxygen atoms in total. The Hall–Kier alpha value is -0.810. The quantitative estimate of drug-likeness (QED) is 0.643. The van der Waals surface area contributed by atoms with Gasteiger partial charge >= 0.3 is 11.9 Å². The van der Waals surface area contributed by atoms with E-state index in [2.05, 4.69) is 5.32 Å². The van der Waals surface area contributed by atoms with Gasteiger partial charge in [0.1, 0.15) is 12.1 Å². The molecule has 0 spiro atoms. The van der Waals surface area contributed by atoms with Crippen molar-refractivity contribution < 1.29 is 19.8 Å². The van der Waals surface area contributed by atoms with Crippen LogP contribution in [0.5, 0.6) is 0 Å².